The molecule has 0 saturated heterocycles. The average molecular weight is 369 g/mol. The highest BCUT2D eigenvalue weighted by Crippen LogP contribution is 2.18. The molecule has 0 aliphatic carbocycles. The van der Waals surface area contributed by atoms with Crippen molar-refractivity contribution in [3.63, 3.8) is 0 Å². The molecule has 1 aromatic rings. The third-order valence-corrected chi connectivity index (χ3v) is 4.92. The smallest absolute Gasteiger partial charge is 0.247 e. The van der Waals surface area contributed by atoms with Crippen molar-refractivity contribution in [3.8, 4) is 0 Å². The van der Waals surface area contributed by atoms with Crippen LogP contribution in [0.4, 0.5) is 5.69 Å². The molecule has 0 radical (unpaired) electrons. The van der Waals surface area contributed by atoms with Gasteiger partial charge in [-0.3, -0.25) is 9.59 Å². The molecule has 1 rings (SSSR count). The van der Waals surface area contributed by atoms with E-state index in [9.17, 15) is 18.0 Å². The summed E-state index contributed by atoms with van der Waals surface area (Å²) in [6.07, 6.45) is 0. The maximum absolute atomic E-state index is 12.4. The molecule has 0 aromatic heterocycles. The second-order valence-corrected chi connectivity index (χ2v) is 8.98. The van der Waals surface area contributed by atoms with Gasteiger partial charge in [0.1, 0.15) is 6.04 Å². The molecule has 25 heavy (non-hydrogen) atoms. The third-order valence-electron chi connectivity index (χ3n) is 3.16. The van der Waals surface area contributed by atoms with Crippen LogP contribution in [0.3, 0.4) is 0 Å². The predicted molar refractivity (Wildman–Crippen MR) is 97.6 cm³/mol. The van der Waals surface area contributed by atoms with Crippen LogP contribution < -0.4 is 15.4 Å². The summed E-state index contributed by atoms with van der Waals surface area (Å²) >= 11 is 0. The fourth-order valence-corrected chi connectivity index (χ4v) is 3.64. The minimum Gasteiger partial charge on any atom is -0.344 e. The zero-order chi connectivity index (χ0) is 19.4. The van der Waals surface area contributed by atoms with Gasteiger partial charge in [0.15, 0.2) is 0 Å². The van der Waals surface area contributed by atoms with Gasteiger partial charge in [0.25, 0.3) is 0 Å². The van der Waals surface area contributed by atoms with E-state index in [2.05, 4.69) is 15.4 Å². The number of carbonyl (C=O) groups excluding carboxylic acids is 2. The van der Waals surface area contributed by atoms with Crippen molar-refractivity contribution in [1.29, 1.82) is 0 Å². The van der Waals surface area contributed by atoms with Crippen molar-refractivity contribution < 1.29 is 18.0 Å². The fourth-order valence-electron chi connectivity index (χ4n) is 2.18. The number of anilines is 1. The Morgan fingerprint density at radius 3 is 2.20 bits per heavy atom. The Kier molecular flexibility index (Phi) is 6.73. The first-order valence-corrected chi connectivity index (χ1v) is 9.52. The van der Waals surface area contributed by atoms with Crippen molar-refractivity contribution in [2.24, 2.45) is 5.92 Å². The quantitative estimate of drug-likeness (QED) is 0.712. The van der Waals surface area contributed by atoms with Gasteiger partial charge in [0, 0.05) is 18.2 Å². The minimum atomic E-state index is -3.70. The highest BCUT2D eigenvalue weighted by Gasteiger charge is 2.25. The second-order valence-electron chi connectivity index (χ2n) is 7.29. The molecular formula is C17H27N3O4S. The first-order valence-electron chi connectivity index (χ1n) is 8.04. The Morgan fingerprint density at radius 2 is 1.72 bits per heavy atom. The molecule has 0 unspecified atom stereocenters. The summed E-state index contributed by atoms with van der Waals surface area (Å²) in [5.74, 6) is -0.818. The van der Waals surface area contributed by atoms with Gasteiger partial charge < -0.3 is 10.6 Å². The number of hydrogen-bond acceptors (Lipinski definition) is 4. The summed E-state index contributed by atoms with van der Waals surface area (Å²) in [6, 6.07) is 5.29. The Hall–Kier alpha value is -1.93. The Labute approximate surface area is 149 Å². The highest BCUT2D eigenvalue weighted by molar-refractivity contribution is 7.89. The number of nitrogens with one attached hydrogen (secondary N) is 3. The van der Waals surface area contributed by atoms with E-state index < -0.39 is 27.5 Å². The van der Waals surface area contributed by atoms with Crippen LogP contribution in [0.25, 0.3) is 0 Å². The first kappa shape index (κ1) is 21.1. The summed E-state index contributed by atoms with van der Waals surface area (Å²) in [4.78, 5) is 23.7. The lowest BCUT2D eigenvalue weighted by Gasteiger charge is -2.22. The van der Waals surface area contributed by atoms with Crippen molar-refractivity contribution >= 4 is 27.5 Å². The molecule has 0 aliphatic heterocycles. The molecule has 0 heterocycles. The van der Waals surface area contributed by atoms with Crippen LogP contribution in [0.2, 0.25) is 0 Å². The largest absolute Gasteiger partial charge is 0.344 e. The van der Waals surface area contributed by atoms with Crippen LogP contribution in [0.5, 0.6) is 0 Å². The van der Waals surface area contributed by atoms with E-state index in [0.29, 0.717) is 5.69 Å². The maximum Gasteiger partial charge on any atom is 0.247 e. The highest BCUT2D eigenvalue weighted by atomic mass is 32.2. The van der Waals surface area contributed by atoms with Gasteiger partial charge in [0.05, 0.1) is 4.90 Å². The van der Waals surface area contributed by atoms with Crippen LogP contribution in [-0.2, 0) is 19.6 Å². The Balaban J connectivity index is 3.02. The van der Waals surface area contributed by atoms with E-state index in [1.807, 2.05) is 13.8 Å². The predicted octanol–water partition coefficient (Wildman–Crippen LogP) is 1.86. The number of amides is 2. The van der Waals surface area contributed by atoms with Gasteiger partial charge in [-0.25, -0.2) is 13.1 Å². The molecule has 0 fully saturated rings. The number of hydrogen-bond donors (Lipinski definition) is 3. The first-order chi connectivity index (χ1) is 11.3. The summed E-state index contributed by atoms with van der Waals surface area (Å²) in [5.41, 5.74) is -0.274. The van der Waals surface area contributed by atoms with Gasteiger partial charge in [-0.1, -0.05) is 19.9 Å². The lowest BCUT2D eigenvalue weighted by atomic mass is 10.0. The molecule has 2 amide bonds. The zero-order valence-electron chi connectivity index (χ0n) is 15.5. The number of benzene rings is 1. The summed E-state index contributed by atoms with van der Waals surface area (Å²) in [6.45, 7) is 10.2. The number of rotatable bonds is 6. The van der Waals surface area contributed by atoms with E-state index >= 15 is 0 Å². The topological polar surface area (TPSA) is 104 Å². The molecular weight excluding hydrogens is 342 g/mol. The Bertz CT molecular complexity index is 737. The van der Waals surface area contributed by atoms with Gasteiger partial charge >= 0.3 is 0 Å². The molecule has 0 spiro atoms. The van der Waals surface area contributed by atoms with E-state index in [1.54, 1.807) is 32.9 Å². The van der Waals surface area contributed by atoms with E-state index in [-0.39, 0.29) is 16.7 Å². The molecule has 140 valence electrons. The van der Waals surface area contributed by atoms with Gasteiger partial charge in [-0.2, -0.15) is 0 Å². The number of sulfonamides is 1. The average Bonchev–Trinajstić information content (AvgIpc) is 2.42. The van der Waals surface area contributed by atoms with Crippen molar-refractivity contribution in [3.05, 3.63) is 24.3 Å². The molecule has 0 bridgehead atoms. The molecule has 0 aliphatic rings. The van der Waals surface area contributed by atoms with Crippen molar-refractivity contribution in [2.45, 2.75) is 58.0 Å². The lowest BCUT2D eigenvalue weighted by molar-refractivity contribution is -0.126. The standard InChI is InChI=1S/C17H27N3O4S/c1-11(2)15(18-12(3)21)16(22)19-13-8-7-9-14(10-13)25(23,24)20-17(4,5)6/h7-11,15,20H,1-6H3,(H,18,21)(H,19,22)/t15-/m1/s1. The van der Waals surface area contributed by atoms with Crippen molar-refractivity contribution in [2.75, 3.05) is 5.32 Å². The minimum absolute atomic E-state index is 0.0563. The normalized spacial score (nSPS) is 13.4. The molecule has 3 N–H and O–H groups in total. The van der Waals surface area contributed by atoms with Crippen LogP contribution in [0.15, 0.2) is 29.2 Å². The SMILES string of the molecule is CC(=O)N[C@@H](C(=O)Nc1cccc(S(=O)(=O)NC(C)(C)C)c1)C(C)C. The monoisotopic (exact) mass is 369 g/mol. The summed E-state index contributed by atoms with van der Waals surface area (Å²) < 4.78 is 27.3. The summed E-state index contributed by atoms with van der Waals surface area (Å²) in [5, 5.41) is 5.25. The van der Waals surface area contributed by atoms with Crippen molar-refractivity contribution in [1.82, 2.24) is 10.0 Å². The van der Waals surface area contributed by atoms with E-state index in [4.69, 9.17) is 0 Å². The van der Waals surface area contributed by atoms with E-state index in [1.165, 1.54) is 19.1 Å². The second kappa shape index (κ2) is 7.97. The number of carbonyl (C=O) groups is 2. The molecule has 0 saturated carbocycles. The molecule has 1 aromatic carbocycles. The van der Waals surface area contributed by atoms with Crippen LogP contribution in [-0.4, -0.2) is 31.8 Å². The molecule has 1 atom stereocenters. The third kappa shape index (κ3) is 6.83. The Morgan fingerprint density at radius 1 is 1.12 bits per heavy atom. The van der Waals surface area contributed by atoms with Crippen LogP contribution in [0.1, 0.15) is 41.5 Å². The van der Waals surface area contributed by atoms with Gasteiger partial charge in [-0.15, -0.1) is 0 Å². The van der Waals surface area contributed by atoms with Gasteiger partial charge in [-0.05, 0) is 44.9 Å². The van der Waals surface area contributed by atoms with E-state index in [0.717, 1.165) is 0 Å². The summed E-state index contributed by atoms with van der Waals surface area (Å²) in [7, 11) is -3.70. The van der Waals surface area contributed by atoms with Crippen LogP contribution in [0, 0.1) is 5.92 Å². The van der Waals surface area contributed by atoms with Crippen LogP contribution >= 0.6 is 0 Å². The fraction of sp³-hybridized carbons (Fsp3) is 0.529. The maximum atomic E-state index is 12.4. The molecule has 8 heteroatoms. The molecule has 7 nitrogen and oxygen atoms in total. The zero-order valence-corrected chi connectivity index (χ0v) is 16.3. The lowest BCUT2D eigenvalue weighted by Crippen LogP contribution is -2.46. The van der Waals surface area contributed by atoms with Gasteiger partial charge in [0.2, 0.25) is 21.8 Å².